The summed E-state index contributed by atoms with van der Waals surface area (Å²) in [6.07, 6.45) is 1.02. The lowest BCUT2D eigenvalue weighted by molar-refractivity contribution is 0.414. The van der Waals surface area contributed by atoms with Gasteiger partial charge in [0.25, 0.3) is 0 Å². The molecule has 3 heteroatoms. The summed E-state index contributed by atoms with van der Waals surface area (Å²) in [5, 5.41) is 4.59. The molecule has 0 saturated heterocycles. The number of ether oxygens (including phenoxy) is 1. The number of hydrogen-bond donors (Lipinski definition) is 0. The molecule has 0 unspecified atom stereocenters. The summed E-state index contributed by atoms with van der Waals surface area (Å²) in [7, 11) is 1.68. The average molecular weight is 230 g/mol. The number of aryl methyl sites for hydroxylation is 1. The first-order valence-electron chi connectivity index (χ1n) is 5.87. The van der Waals surface area contributed by atoms with Gasteiger partial charge >= 0.3 is 0 Å². The second-order valence-electron chi connectivity index (χ2n) is 4.12. The summed E-state index contributed by atoms with van der Waals surface area (Å²) >= 11 is 0. The van der Waals surface area contributed by atoms with E-state index >= 15 is 0 Å². The number of hydrogen-bond acceptors (Lipinski definition) is 2. The second-order valence-corrected chi connectivity index (χ2v) is 4.12. The van der Waals surface area contributed by atoms with Gasteiger partial charge in [-0.15, -0.1) is 0 Å². The first kappa shape index (κ1) is 11.7. The van der Waals surface area contributed by atoms with E-state index in [0.29, 0.717) is 0 Å². The minimum Gasteiger partial charge on any atom is -0.497 e. The third kappa shape index (κ3) is 2.05. The van der Waals surface area contributed by atoms with Gasteiger partial charge in [0.1, 0.15) is 5.75 Å². The highest BCUT2D eigenvalue weighted by Gasteiger charge is 2.11. The first-order chi connectivity index (χ1) is 8.17. The molecule has 0 radical (unpaired) electrons. The van der Waals surface area contributed by atoms with Gasteiger partial charge in [0.05, 0.1) is 18.5 Å². The van der Waals surface area contributed by atoms with Crippen molar-refractivity contribution in [2.24, 2.45) is 0 Å². The number of aromatic nitrogens is 2. The molecule has 1 heterocycles. The fraction of sp³-hybridized carbons (Fsp3) is 0.357. The third-order valence-corrected chi connectivity index (χ3v) is 3.09. The largest absolute Gasteiger partial charge is 0.497 e. The van der Waals surface area contributed by atoms with Crippen LogP contribution in [0.15, 0.2) is 24.3 Å². The van der Waals surface area contributed by atoms with Crippen molar-refractivity contribution >= 4 is 0 Å². The van der Waals surface area contributed by atoms with Crippen molar-refractivity contribution in [1.29, 1.82) is 0 Å². The summed E-state index contributed by atoms with van der Waals surface area (Å²) in [5.41, 5.74) is 4.68. The molecule has 2 rings (SSSR count). The Bertz CT molecular complexity index is 529. The van der Waals surface area contributed by atoms with Crippen molar-refractivity contribution in [2.45, 2.75) is 27.2 Å². The van der Waals surface area contributed by atoms with E-state index in [-0.39, 0.29) is 0 Å². The van der Waals surface area contributed by atoms with Gasteiger partial charge in [-0.2, -0.15) is 5.10 Å². The molecule has 1 aromatic heterocycles. The monoisotopic (exact) mass is 230 g/mol. The fourth-order valence-corrected chi connectivity index (χ4v) is 2.18. The number of methoxy groups -OCH3 is 1. The Kier molecular flexibility index (Phi) is 3.18. The van der Waals surface area contributed by atoms with Crippen LogP contribution in [0, 0.1) is 13.8 Å². The van der Waals surface area contributed by atoms with E-state index in [0.717, 1.165) is 23.6 Å². The summed E-state index contributed by atoms with van der Waals surface area (Å²) in [5.74, 6) is 0.855. The average Bonchev–Trinajstić information content (AvgIpc) is 2.64. The van der Waals surface area contributed by atoms with E-state index in [2.05, 4.69) is 25.9 Å². The molecule has 0 bridgehead atoms. The molecule has 3 nitrogen and oxygen atoms in total. The topological polar surface area (TPSA) is 27.1 Å². The molecule has 2 aromatic rings. The molecule has 1 aromatic carbocycles. The molecular weight excluding hydrogens is 212 g/mol. The highest BCUT2D eigenvalue weighted by atomic mass is 16.5. The maximum atomic E-state index is 5.24. The Morgan fingerprint density at radius 3 is 2.65 bits per heavy atom. The van der Waals surface area contributed by atoms with Gasteiger partial charge < -0.3 is 4.74 Å². The maximum absolute atomic E-state index is 5.24. The molecule has 17 heavy (non-hydrogen) atoms. The first-order valence-corrected chi connectivity index (χ1v) is 5.87. The van der Waals surface area contributed by atoms with Crippen LogP contribution >= 0.6 is 0 Å². The third-order valence-electron chi connectivity index (χ3n) is 3.09. The molecule has 0 saturated carbocycles. The molecule has 0 aliphatic carbocycles. The fourth-order valence-electron chi connectivity index (χ4n) is 2.18. The quantitative estimate of drug-likeness (QED) is 0.810. The molecule has 0 fully saturated rings. The predicted octanol–water partition coefficient (Wildman–Crippen LogP) is 3.06. The van der Waals surface area contributed by atoms with Crippen molar-refractivity contribution in [1.82, 2.24) is 9.78 Å². The van der Waals surface area contributed by atoms with Crippen molar-refractivity contribution in [3.63, 3.8) is 0 Å². The van der Waals surface area contributed by atoms with Crippen molar-refractivity contribution < 1.29 is 4.74 Å². The standard InChI is InChI=1S/C14H18N2O/c1-5-14-10(2)15-16(11(14)3)12-7-6-8-13(9-12)17-4/h6-9H,5H2,1-4H3. The van der Waals surface area contributed by atoms with Crippen LogP contribution in [0.25, 0.3) is 5.69 Å². The molecule has 90 valence electrons. The second kappa shape index (κ2) is 4.62. The summed E-state index contributed by atoms with van der Waals surface area (Å²) in [6, 6.07) is 7.96. The Morgan fingerprint density at radius 2 is 2.06 bits per heavy atom. The highest BCUT2D eigenvalue weighted by Crippen LogP contribution is 2.21. The summed E-state index contributed by atoms with van der Waals surface area (Å²) in [6.45, 7) is 6.33. The minimum atomic E-state index is 0.855. The Balaban J connectivity index is 2.52. The van der Waals surface area contributed by atoms with Gasteiger partial charge in [0, 0.05) is 11.8 Å². The van der Waals surface area contributed by atoms with Crippen LogP contribution < -0.4 is 4.74 Å². The van der Waals surface area contributed by atoms with Gasteiger partial charge in [-0.25, -0.2) is 4.68 Å². The molecular formula is C14H18N2O. The molecule has 0 aliphatic heterocycles. The van der Waals surface area contributed by atoms with Gasteiger partial charge in [-0.3, -0.25) is 0 Å². The summed E-state index contributed by atoms with van der Waals surface area (Å²) in [4.78, 5) is 0. The Labute approximate surface area is 102 Å². The van der Waals surface area contributed by atoms with Crippen LogP contribution in [0.5, 0.6) is 5.75 Å². The molecule has 0 atom stereocenters. The van der Waals surface area contributed by atoms with Crippen LogP contribution in [-0.4, -0.2) is 16.9 Å². The smallest absolute Gasteiger partial charge is 0.121 e. The SMILES string of the molecule is CCc1c(C)nn(-c2cccc(OC)c2)c1C. The van der Waals surface area contributed by atoms with E-state index in [9.17, 15) is 0 Å². The summed E-state index contributed by atoms with van der Waals surface area (Å²) < 4.78 is 7.22. The molecule has 0 spiro atoms. The number of benzene rings is 1. The van der Waals surface area contributed by atoms with Gasteiger partial charge in [0.15, 0.2) is 0 Å². The Hall–Kier alpha value is -1.77. The van der Waals surface area contributed by atoms with Crippen LogP contribution in [0.3, 0.4) is 0 Å². The van der Waals surface area contributed by atoms with Crippen molar-refractivity contribution in [3.8, 4) is 11.4 Å². The molecule has 0 N–H and O–H groups in total. The van der Waals surface area contributed by atoms with Crippen LogP contribution in [0.4, 0.5) is 0 Å². The van der Waals surface area contributed by atoms with Gasteiger partial charge in [0.2, 0.25) is 0 Å². The lowest BCUT2D eigenvalue weighted by Crippen LogP contribution is -1.99. The van der Waals surface area contributed by atoms with Crippen LogP contribution in [0.2, 0.25) is 0 Å². The van der Waals surface area contributed by atoms with Crippen molar-refractivity contribution in [2.75, 3.05) is 7.11 Å². The van der Waals surface area contributed by atoms with E-state index in [1.165, 1.54) is 11.3 Å². The zero-order valence-electron chi connectivity index (χ0n) is 10.8. The highest BCUT2D eigenvalue weighted by molar-refractivity contribution is 5.41. The molecule has 0 amide bonds. The van der Waals surface area contributed by atoms with Crippen LogP contribution in [0.1, 0.15) is 23.9 Å². The van der Waals surface area contributed by atoms with E-state index in [1.807, 2.05) is 28.9 Å². The van der Waals surface area contributed by atoms with E-state index < -0.39 is 0 Å². The van der Waals surface area contributed by atoms with E-state index in [1.54, 1.807) is 7.11 Å². The Morgan fingerprint density at radius 1 is 1.29 bits per heavy atom. The minimum absolute atomic E-state index is 0.855. The maximum Gasteiger partial charge on any atom is 0.121 e. The van der Waals surface area contributed by atoms with Gasteiger partial charge in [-0.1, -0.05) is 13.0 Å². The lowest BCUT2D eigenvalue weighted by atomic mass is 10.1. The zero-order valence-corrected chi connectivity index (χ0v) is 10.8. The predicted molar refractivity (Wildman–Crippen MR) is 69.0 cm³/mol. The number of rotatable bonds is 3. The number of nitrogens with zero attached hydrogens (tertiary/aromatic N) is 2. The normalized spacial score (nSPS) is 10.6. The van der Waals surface area contributed by atoms with Gasteiger partial charge in [-0.05, 0) is 38.0 Å². The lowest BCUT2D eigenvalue weighted by Gasteiger charge is -2.06. The van der Waals surface area contributed by atoms with Crippen molar-refractivity contribution in [3.05, 3.63) is 41.2 Å². The molecule has 0 aliphatic rings. The van der Waals surface area contributed by atoms with Crippen LogP contribution in [-0.2, 0) is 6.42 Å². The zero-order chi connectivity index (χ0) is 12.4. The van der Waals surface area contributed by atoms with E-state index in [4.69, 9.17) is 4.74 Å².